The van der Waals surface area contributed by atoms with Crippen LogP contribution in [-0.4, -0.2) is 96.4 Å². The molecule has 7 rings (SSSR count). The number of ether oxygens (including phenoxy) is 1. The molecular weight excluding hydrogens is 644 g/mol. The quantitative estimate of drug-likeness (QED) is 0.341. The molecule has 2 saturated heterocycles. The van der Waals surface area contributed by atoms with Crippen molar-refractivity contribution >= 4 is 40.0 Å². The zero-order chi connectivity index (χ0) is 36.2. The third-order valence-corrected chi connectivity index (χ3v) is 12.9. The number of likely N-dealkylation sites (tertiary alicyclic amines) is 1. The molecule has 2 saturated carbocycles. The molecule has 3 aromatic carbocycles. The van der Waals surface area contributed by atoms with Crippen molar-refractivity contribution in [3.05, 3.63) is 71.8 Å². The molecule has 4 aliphatic rings. The second-order valence-electron chi connectivity index (χ2n) is 15.8. The summed E-state index contributed by atoms with van der Waals surface area (Å²) in [5.74, 6) is -1.22. The van der Waals surface area contributed by atoms with E-state index in [-0.39, 0.29) is 48.3 Å². The number of carbonyl (C=O) groups excluding carboxylic acids is 4. The van der Waals surface area contributed by atoms with E-state index >= 15 is 0 Å². The fourth-order valence-corrected chi connectivity index (χ4v) is 9.42. The Morgan fingerprint density at radius 1 is 0.980 bits per heavy atom. The molecule has 6 unspecified atom stereocenters. The van der Waals surface area contributed by atoms with Crippen LogP contribution in [-0.2, 0) is 25.6 Å². The summed E-state index contributed by atoms with van der Waals surface area (Å²) >= 11 is 0. The second-order valence-corrected chi connectivity index (χ2v) is 15.8. The number of rotatable bonds is 8. The van der Waals surface area contributed by atoms with Gasteiger partial charge in [-0.1, -0.05) is 63.2 Å². The summed E-state index contributed by atoms with van der Waals surface area (Å²) in [5, 5.41) is 15.9. The number of Topliss-reactive ketones (excluding diaryl/α,β-unsaturated/α-hetero) is 1. The number of benzene rings is 3. The number of nitrogens with one attached hydrogen (secondary N) is 1. The lowest BCUT2D eigenvalue weighted by atomic mass is 9.70. The van der Waals surface area contributed by atoms with E-state index in [0.717, 1.165) is 46.2 Å². The van der Waals surface area contributed by atoms with Gasteiger partial charge in [0.15, 0.2) is 5.78 Å². The van der Waals surface area contributed by atoms with Gasteiger partial charge in [-0.2, -0.15) is 0 Å². The number of aryl methyl sites for hydroxylation is 1. The molecule has 6 atom stereocenters. The molecule has 0 radical (unpaired) electrons. The number of carbonyl (C=O) groups is 4. The number of nitrogens with zero attached hydrogens (tertiary/aromatic N) is 3. The number of amides is 3. The van der Waals surface area contributed by atoms with E-state index in [1.54, 1.807) is 7.11 Å². The average Bonchev–Trinajstić information content (AvgIpc) is 3.68. The van der Waals surface area contributed by atoms with Gasteiger partial charge in [-0.3, -0.25) is 19.2 Å². The lowest BCUT2D eigenvalue weighted by Crippen LogP contribution is -2.58. The molecule has 4 fully saturated rings. The Morgan fingerprint density at radius 2 is 1.71 bits per heavy atom. The molecule has 0 spiro atoms. The number of fused-ring (bicyclic) bond motifs is 3. The Morgan fingerprint density at radius 3 is 2.37 bits per heavy atom. The maximum Gasteiger partial charge on any atom is 0.245 e. The van der Waals surface area contributed by atoms with Crippen molar-refractivity contribution in [2.75, 3.05) is 44.7 Å². The highest BCUT2D eigenvalue weighted by atomic mass is 16.5. The first kappa shape index (κ1) is 35.0. The topological polar surface area (TPSA) is 119 Å². The molecule has 0 aromatic heterocycles. The van der Waals surface area contributed by atoms with Crippen LogP contribution in [0.5, 0.6) is 5.75 Å². The van der Waals surface area contributed by atoms with Gasteiger partial charge in [0, 0.05) is 56.7 Å². The smallest absolute Gasteiger partial charge is 0.245 e. The standard InChI is InChI=1S/C41H50N4O6/c1-25-20-30(51-5)12-13-33(25)43-16-18-44(19-17-43)38(49)32(22-26-10-11-27-8-6-7-9-28(27)21-26)42-37(48)34-23-29(46)24-45(34)39(50)35-31-14-15-41(4,36(35)47)40(31,2)3/h6-13,20-21,29,31-32,34-35,46H,14-19,22-24H2,1-5H3,(H,42,48). The number of β-amino-alcohol motifs (C(OH)–C–C–N with tert-alkyl or cyclic N) is 1. The number of aliphatic hydroxyl groups excluding tert-OH is 1. The van der Waals surface area contributed by atoms with E-state index in [9.17, 15) is 24.3 Å². The molecule has 51 heavy (non-hydrogen) atoms. The molecule has 2 heterocycles. The summed E-state index contributed by atoms with van der Waals surface area (Å²) in [6, 6.07) is 18.2. The van der Waals surface area contributed by atoms with Crippen molar-refractivity contribution in [3.63, 3.8) is 0 Å². The first-order valence-electron chi connectivity index (χ1n) is 18.3. The zero-order valence-corrected chi connectivity index (χ0v) is 30.4. The van der Waals surface area contributed by atoms with Gasteiger partial charge in [0.2, 0.25) is 17.7 Å². The highest BCUT2D eigenvalue weighted by Gasteiger charge is 2.68. The molecular formula is C41H50N4O6. The first-order valence-corrected chi connectivity index (χ1v) is 18.3. The predicted octanol–water partition coefficient (Wildman–Crippen LogP) is 4.14. The number of hydrogen-bond donors (Lipinski definition) is 2. The van der Waals surface area contributed by atoms with E-state index < -0.39 is 35.4 Å². The van der Waals surface area contributed by atoms with Crippen molar-refractivity contribution in [1.29, 1.82) is 0 Å². The molecule has 2 aliphatic carbocycles. The van der Waals surface area contributed by atoms with Crippen molar-refractivity contribution < 1.29 is 29.0 Å². The van der Waals surface area contributed by atoms with Crippen LogP contribution in [0.2, 0.25) is 0 Å². The summed E-state index contributed by atoms with van der Waals surface area (Å²) in [5.41, 5.74) is 2.19. The van der Waals surface area contributed by atoms with Gasteiger partial charge in [-0.25, -0.2) is 0 Å². The molecule has 270 valence electrons. The minimum atomic E-state index is -0.975. The Bertz CT molecular complexity index is 1870. The van der Waals surface area contributed by atoms with E-state index in [4.69, 9.17) is 4.74 Å². The SMILES string of the molecule is COc1ccc(N2CCN(C(=O)C(Cc3ccc4ccccc4c3)NC(=O)C3CC(O)CN3C(=O)C3C(=O)C4(C)CCC3C4(C)C)CC2)c(C)c1. The summed E-state index contributed by atoms with van der Waals surface area (Å²) in [6.07, 6.45) is 0.970. The highest BCUT2D eigenvalue weighted by molar-refractivity contribution is 6.08. The first-order chi connectivity index (χ1) is 24.3. The molecule has 3 amide bonds. The molecule has 2 bridgehead atoms. The number of piperazine rings is 1. The monoisotopic (exact) mass is 694 g/mol. The van der Waals surface area contributed by atoms with Crippen LogP contribution in [0, 0.1) is 29.6 Å². The van der Waals surface area contributed by atoms with Crippen LogP contribution in [0.1, 0.15) is 51.2 Å². The minimum absolute atomic E-state index is 0.0133. The highest BCUT2D eigenvalue weighted by Crippen LogP contribution is 2.66. The number of ketones is 1. The number of aliphatic hydroxyl groups is 1. The Balaban J connectivity index is 1.10. The molecule has 2 N–H and O–H groups in total. The number of methoxy groups -OCH3 is 1. The van der Waals surface area contributed by atoms with Gasteiger partial charge in [-0.15, -0.1) is 0 Å². The third-order valence-electron chi connectivity index (χ3n) is 12.9. The fraction of sp³-hybridized carbons (Fsp3) is 0.512. The van der Waals surface area contributed by atoms with E-state index in [1.165, 1.54) is 4.90 Å². The maximum atomic E-state index is 14.3. The normalized spacial score (nSPS) is 27.6. The van der Waals surface area contributed by atoms with Crippen LogP contribution in [0.3, 0.4) is 0 Å². The van der Waals surface area contributed by atoms with Crippen LogP contribution in [0.4, 0.5) is 5.69 Å². The van der Waals surface area contributed by atoms with Gasteiger partial charge in [0.1, 0.15) is 23.8 Å². The van der Waals surface area contributed by atoms with E-state index in [1.807, 2.05) is 79.4 Å². The Hall–Kier alpha value is -4.44. The van der Waals surface area contributed by atoms with Crippen LogP contribution in [0.25, 0.3) is 10.8 Å². The van der Waals surface area contributed by atoms with Crippen LogP contribution < -0.4 is 15.0 Å². The number of hydrogen-bond acceptors (Lipinski definition) is 7. The molecule has 10 nitrogen and oxygen atoms in total. The van der Waals surface area contributed by atoms with Gasteiger partial charge >= 0.3 is 0 Å². The Labute approximate surface area is 300 Å². The van der Waals surface area contributed by atoms with Gasteiger partial charge in [0.05, 0.1) is 13.2 Å². The summed E-state index contributed by atoms with van der Waals surface area (Å²) in [6.45, 7) is 10.4. The Kier molecular flexibility index (Phi) is 9.10. The largest absolute Gasteiger partial charge is 0.497 e. The van der Waals surface area contributed by atoms with Crippen molar-refractivity contribution in [2.24, 2.45) is 22.7 Å². The average molecular weight is 695 g/mol. The summed E-state index contributed by atoms with van der Waals surface area (Å²) in [7, 11) is 1.65. The van der Waals surface area contributed by atoms with Crippen molar-refractivity contribution in [2.45, 2.75) is 71.6 Å². The number of anilines is 1. The maximum absolute atomic E-state index is 14.3. The van der Waals surface area contributed by atoms with E-state index in [2.05, 4.69) is 24.1 Å². The van der Waals surface area contributed by atoms with Crippen molar-refractivity contribution in [3.8, 4) is 5.75 Å². The van der Waals surface area contributed by atoms with E-state index in [0.29, 0.717) is 26.2 Å². The van der Waals surface area contributed by atoms with Crippen LogP contribution >= 0.6 is 0 Å². The fourth-order valence-electron chi connectivity index (χ4n) is 9.42. The summed E-state index contributed by atoms with van der Waals surface area (Å²) < 4.78 is 5.38. The van der Waals surface area contributed by atoms with Crippen molar-refractivity contribution in [1.82, 2.24) is 15.1 Å². The lowest BCUT2D eigenvalue weighted by molar-refractivity contribution is -0.148. The zero-order valence-electron chi connectivity index (χ0n) is 30.4. The minimum Gasteiger partial charge on any atom is -0.497 e. The third kappa shape index (κ3) is 6.05. The lowest BCUT2D eigenvalue weighted by Gasteiger charge is -2.38. The van der Waals surface area contributed by atoms with Gasteiger partial charge in [-0.05, 0) is 71.2 Å². The van der Waals surface area contributed by atoms with Gasteiger partial charge in [0.25, 0.3) is 0 Å². The van der Waals surface area contributed by atoms with Crippen LogP contribution in [0.15, 0.2) is 60.7 Å². The predicted molar refractivity (Wildman–Crippen MR) is 195 cm³/mol. The second kappa shape index (κ2) is 13.3. The molecule has 2 aliphatic heterocycles. The molecule has 10 heteroatoms. The molecule has 3 aromatic rings. The van der Waals surface area contributed by atoms with Gasteiger partial charge < -0.3 is 29.9 Å². The summed E-state index contributed by atoms with van der Waals surface area (Å²) in [4.78, 5) is 61.9.